The van der Waals surface area contributed by atoms with E-state index in [2.05, 4.69) is 44.9 Å². The first-order chi connectivity index (χ1) is 17.8. The quantitative estimate of drug-likeness (QED) is 0.346. The summed E-state index contributed by atoms with van der Waals surface area (Å²) in [5.41, 5.74) is 2.75. The summed E-state index contributed by atoms with van der Waals surface area (Å²) < 4.78 is 28.5. The molecule has 37 heavy (non-hydrogen) atoms. The highest BCUT2D eigenvalue weighted by Crippen LogP contribution is 2.24. The maximum atomic E-state index is 13.1. The van der Waals surface area contributed by atoms with E-state index < -0.39 is 16.1 Å². The van der Waals surface area contributed by atoms with Gasteiger partial charge in [-0.1, -0.05) is 60.7 Å². The van der Waals surface area contributed by atoms with Gasteiger partial charge in [0.2, 0.25) is 21.8 Å². The lowest BCUT2D eigenvalue weighted by molar-refractivity contribution is -0.125. The number of hydrogen-bond acceptors (Lipinski definition) is 5. The molecule has 0 unspecified atom stereocenters. The molecule has 0 aliphatic carbocycles. The Morgan fingerprint density at radius 3 is 2.05 bits per heavy atom. The van der Waals surface area contributed by atoms with Crippen LogP contribution in [0.1, 0.15) is 30.4 Å². The average molecular weight is 521 g/mol. The van der Waals surface area contributed by atoms with Crippen LogP contribution in [0.25, 0.3) is 0 Å². The van der Waals surface area contributed by atoms with Crippen molar-refractivity contribution in [3.8, 4) is 0 Å². The topological polar surface area (TPSA) is 116 Å². The van der Waals surface area contributed by atoms with Gasteiger partial charge in [0.25, 0.3) is 0 Å². The van der Waals surface area contributed by atoms with Crippen LogP contribution in [0.4, 0.5) is 5.69 Å². The van der Waals surface area contributed by atoms with Crippen molar-refractivity contribution in [1.29, 1.82) is 0 Å². The lowest BCUT2D eigenvalue weighted by Gasteiger charge is -2.30. The van der Waals surface area contributed by atoms with Gasteiger partial charge >= 0.3 is 0 Å². The van der Waals surface area contributed by atoms with Crippen LogP contribution in [-0.4, -0.2) is 45.9 Å². The minimum absolute atomic E-state index is 0.0117. The highest BCUT2D eigenvalue weighted by molar-refractivity contribution is 7.89. The summed E-state index contributed by atoms with van der Waals surface area (Å²) in [4.78, 5) is 24.4. The second-order valence-corrected chi connectivity index (χ2v) is 10.9. The molecule has 8 nitrogen and oxygen atoms in total. The van der Waals surface area contributed by atoms with E-state index in [9.17, 15) is 18.0 Å². The Kier molecular flexibility index (Phi) is 8.70. The molecular weight excluding hydrogens is 488 g/mol. The summed E-state index contributed by atoms with van der Waals surface area (Å²) in [6.45, 7) is 2.75. The minimum atomic E-state index is -3.79. The second-order valence-electron chi connectivity index (χ2n) is 9.23. The van der Waals surface area contributed by atoms with Gasteiger partial charge in [-0.05, 0) is 41.8 Å². The number of amides is 2. The fourth-order valence-corrected chi connectivity index (χ4v) is 5.83. The van der Waals surface area contributed by atoms with Gasteiger partial charge in [0.1, 0.15) is 0 Å². The van der Waals surface area contributed by atoms with Crippen LogP contribution in [-0.2, 0) is 19.6 Å². The van der Waals surface area contributed by atoms with Crippen molar-refractivity contribution in [1.82, 2.24) is 15.4 Å². The molecule has 0 aromatic heterocycles. The van der Waals surface area contributed by atoms with Crippen molar-refractivity contribution in [3.05, 3.63) is 96.1 Å². The first-order valence-corrected chi connectivity index (χ1v) is 13.8. The van der Waals surface area contributed by atoms with Crippen molar-refractivity contribution in [2.24, 2.45) is 5.92 Å². The molecule has 9 heteroatoms. The van der Waals surface area contributed by atoms with Gasteiger partial charge in [0.05, 0.1) is 10.8 Å². The van der Waals surface area contributed by atoms with E-state index in [4.69, 9.17) is 0 Å². The second kappa shape index (κ2) is 12.1. The molecule has 1 aliphatic rings. The van der Waals surface area contributed by atoms with E-state index in [1.54, 1.807) is 12.1 Å². The van der Waals surface area contributed by atoms with Crippen LogP contribution >= 0.6 is 0 Å². The van der Waals surface area contributed by atoms with E-state index in [1.807, 2.05) is 36.4 Å². The van der Waals surface area contributed by atoms with Crippen molar-refractivity contribution < 1.29 is 18.0 Å². The molecular formula is C28H32N4O4S. The zero-order valence-electron chi connectivity index (χ0n) is 20.7. The predicted molar refractivity (Wildman–Crippen MR) is 144 cm³/mol. The molecule has 1 fully saturated rings. The summed E-state index contributed by atoms with van der Waals surface area (Å²) in [6, 6.07) is 25.7. The third kappa shape index (κ3) is 7.25. The van der Waals surface area contributed by atoms with Crippen LogP contribution in [0.2, 0.25) is 0 Å². The molecule has 3 aromatic rings. The van der Waals surface area contributed by atoms with Crippen LogP contribution in [0.5, 0.6) is 0 Å². The number of rotatable bonds is 9. The third-order valence-corrected chi connectivity index (χ3v) is 7.95. The van der Waals surface area contributed by atoms with Gasteiger partial charge in [0.15, 0.2) is 0 Å². The highest BCUT2D eigenvalue weighted by Gasteiger charge is 2.30. The Hall–Kier alpha value is -3.53. The van der Waals surface area contributed by atoms with E-state index in [0.29, 0.717) is 31.7 Å². The van der Waals surface area contributed by atoms with Gasteiger partial charge < -0.3 is 16.0 Å². The number of nitrogens with one attached hydrogen (secondary N) is 4. The summed E-state index contributed by atoms with van der Waals surface area (Å²) in [5, 5.41) is 8.90. The fraction of sp³-hybridized carbons (Fsp3) is 0.286. The number of sulfonamides is 1. The first kappa shape index (κ1) is 26.5. The zero-order valence-corrected chi connectivity index (χ0v) is 21.5. The Morgan fingerprint density at radius 1 is 0.892 bits per heavy atom. The Balaban J connectivity index is 1.37. The zero-order chi connectivity index (χ0) is 26.3. The van der Waals surface area contributed by atoms with Crippen LogP contribution in [0.15, 0.2) is 89.8 Å². The molecule has 1 heterocycles. The average Bonchev–Trinajstić information content (AvgIpc) is 2.90. The summed E-state index contributed by atoms with van der Waals surface area (Å²) >= 11 is 0. The van der Waals surface area contributed by atoms with Crippen molar-refractivity contribution in [2.45, 2.75) is 30.2 Å². The Morgan fingerprint density at radius 2 is 1.49 bits per heavy atom. The normalized spacial score (nSPS) is 17.8. The largest absolute Gasteiger partial charge is 0.355 e. The molecule has 4 rings (SSSR count). The maximum absolute atomic E-state index is 13.1. The van der Waals surface area contributed by atoms with Crippen LogP contribution in [0.3, 0.4) is 0 Å². The number of carbonyl (C=O) groups excluding carboxylic acids is 2. The number of benzene rings is 3. The molecule has 0 saturated carbocycles. The number of anilines is 1. The lowest BCUT2D eigenvalue weighted by Crippen LogP contribution is -2.52. The Labute approximate surface area is 217 Å². The molecule has 1 aliphatic heterocycles. The highest BCUT2D eigenvalue weighted by atomic mass is 32.2. The molecule has 2 atom stereocenters. The molecule has 0 radical (unpaired) electrons. The fourth-order valence-electron chi connectivity index (χ4n) is 4.59. The predicted octanol–water partition coefficient (Wildman–Crippen LogP) is 2.85. The van der Waals surface area contributed by atoms with Gasteiger partial charge in [-0.2, -0.15) is 0 Å². The van der Waals surface area contributed by atoms with Crippen molar-refractivity contribution >= 4 is 27.5 Å². The summed E-state index contributed by atoms with van der Waals surface area (Å²) in [5.74, 6) is -0.688. The van der Waals surface area contributed by atoms with Crippen molar-refractivity contribution in [2.75, 3.05) is 25.0 Å². The minimum Gasteiger partial charge on any atom is -0.355 e. The number of hydrogen-bond donors (Lipinski definition) is 4. The maximum Gasteiger partial charge on any atom is 0.240 e. The molecule has 0 bridgehead atoms. The molecule has 0 spiro atoms. The van der Waals surface area contributed by atoms with E-state index in [1.165, 1.54) is 19.1 Å². The van der Waals surface area contributed by atoms with E-state index >= 15 is 0 Å². The monoisotopic (exact) mass is 520 g/mol. The van der Waals surface area contributed by atoms with Crippen molar-refractivity contribution in [3.63, 3.8) is 0 Å². The molecule has 2 amide bonds. The summed E-state index contributed by atoms with van der Waals surface area (Å²) in [6.07, 6.45) is 0.392. The van der Waals surface area contributed by atoms with Gasteiger partial charge in [-0.25, -0.2) is 13.1 Å². The van der Waals surface area contributed by atoms with Crippen LogP contribution in [0, 0.1) is 5.92 Å². The molecule has 4 N–H and O–H groups in total. The SMILES string of the molecule is CC(=O)Nc1ccc(S(=O)(=O)N[C@@H]2CNC[C@@H](C(=O)NCC(c3ccccc3)c3ccccc3)C2)cc1. The number of carbonyl (C=O) groups is 2. The molecule has 3 aromatic carbocycles. The number of piperidine rings is 1. The molecule has 1 saturated heterocycles. The van der Waals surface area contributed by atoms with E-state index in [-0.39, 0.29) is 28.5 Å². The standard InChI is InChI=1S/C28H32N4O4S/c1-20(33)31-24-12-14-26(15-13-24)37(35,36)32-25-16-23(17-29-18-25)28(34)30-19-27(21-8-4-2-5-9-21)22-10-6-3-7-11-22/h2-15,23,25,27,29,32H,16-19H2,1H3,(H,30,34)(H,31,33)/t23-,25-/m0/s1. The Bertz CT molecular complexity index is 1260. The first-order valence-electron chi connectivity index (χ1n) is 12.3. The molecule has 194 valence electrons. The summed E-state index contributed by atoms with van der Waals surface area (Å²) in [7, 11) is -3.79. The van der Waals surface area contributed by atoms with Crippen LogP contribution < -0.4 is 20.7 Å². The smallest absolute Gasteiger partial charge is 0.240 e. The van der Waals surface area contributed by atoms with E-state index in [0.717, 1.165) is 11.1 Å². The van der Waals surface area contributed by atoms with Gasteiger partial charge in [-0.3, -0.25) is 9.59 Å². The van der Waals surface area contributed by atoms with Gasteiger partial charge in [-0.15, -0.1) is 0 Å². The lowest BCUT2D eigenvalue weighted by atomic mass is 9.90. The third-order valence-electron chi connectivity index (χ3n) is 6.41. The van der Waals surface area contributed by atoms with Gasteiger partial charge in [0, 0.05) is 44.2 Å².